The molecule has 0 bridgehead atoms. The molecular formula is C14H19NO2. The monoisotopic (exact) mass is 233 g/mol. The first-order valence-corrected chi connectivity index (χ1v) is 6.11. The van der Waals surface area contributed by atoms with Gasteiger partial charge < -0.3 is 5.11 Å². The molecule has 0 spiro atoms. The van der Waals surface area contributed by atoms with Gasteiger partial charge in [0.2, 0.25) is 0 Å². The zero-order valence-corrected chi connectivity index (χ0v) is 10.4. The van der Waals surface area contributed by atoms with Crippen LogP contribution in [0, 0.1) is 13.8 Å². The Morgan fingerprint density at radius 3 is 2.88 bits per heavy atom. The van der Waals surface area contributed by atoms with Gasteiger partial charge in [-0.2, -0.15) is 0 Å². The summed E-state index contributed by atoms with van der Waals surface area (Å²) in [5.74, 6) is -0.688. The maximum atomic E-state index is 11.1. The number of carboxylic acid groups (broad SMARTS) is 1. The van der Waals surface area contributed by atoms with Gasteiger partial charge in [-0.3, -0.25) is 9.69 Å². The number of hydrogen-bond donors (Lipinski definition) is 1. The van der Waals surface area contributed by atoms with E-state index < -0.39 is 5.97 Å². The van der Waals surface area contributed by atoms with Crippen molar-refractivity contribution in [2.45, 2.75) is 39.3 Å². The molecule has 0 unspecified atom stereocenters. The largest absolute Gasteiger partial charge is 0.480 e. The van der Waals surface area contributed by atoms with Crippen LogP contribution in [0.5, 0.6) is 0 Å². The van der Waals surface area contributed by atoms with Gasteiger partial charge in [0.25, 0.3) is 0 Å². The molecule has 0 amide bonds. The Bertz CT molecular complexity index is 428. The van der Waals surface area contributed by atoms with Crippen LogP contribution in [-0.4, -0.2) is 28.6 Å². The molecule has 3 nitrogen and oxygen atoms in total. The van der Waals surface area contributed by atoms with E-state index in [-0.39, 0.29) is 6.04 Å². The molecule has 17 heavy (non-hydrogen) atoms. The Morgan fingerprint density at radius 1 is 1.47 bits per heavy atom. The van der Waals surface area contributed by atoms with Gasteiger partial charge in [0.1, 0.15) is 6.04 Å². The summed E-state index contributed by atoms with van der Waals surface area (Å²) < 4.78 is 0. The fraction of sp³-hybridized carbons (Fsp3) is 0.500. The second-order valence-corrected chi connectivity index (χ2v) is 4.90. The van der Waals surface area contributed by atoms with E-state index in [0.29, 0.717) is 0 Å². The Balaban J connectivity index is 2.12. The van der Waals surface area contributed by atoms with Crippen molar-refractivity contribution in [2.75, 3.05) is 6.54 Å². The van der Waals surface area contributed by atoms with Crippen LogP contribution in [0.3, 0.4) is 0 Å². The molecule has 0 aromatic heterocycles. The van der Waals surface area contributed by atoms with Gasteiger partial charge in [-0.15, -0.1) is 0 Å². The highest BCUT2D eigenvalue weighted by Crippen LogP contribution is 2.22. The number of nitrogens with zero attached hydrogens (tertiary/aromatic N) is 1. The van der Waals surface area contributed by atoms with E-state index in [2.05, 4.69) is 36.9 Å². The van der Waals surface area contributed by atoms with Crippen LogP contribution < -0.4 is 0 Å². The fourth-order valence-corrected chi connectivity index (χ4v) is 2.54. The van der Waals surface area contributed by atoms with Crippen LogP contribution in [0.25, 0.3) is 0 Å². The van der Waals surface area contributed by atoms with Crippen LogP contribution in [0.2, 0.25) is 0 Å². The Hall–Kier alpha value is -1.35. The van der Waals surface area contributed by atoms with Crippen molar-refractivity contribution < 1.29 is 9.90 Å². The van der Waals surface area contributed by atoms with Crippen LogP contribution >= 0.6 is 0 Å². The summed E-state index contributed by atoms with van der Waals surface area (Å²) in [5.41, 5.74) is 3.74. The summed E-state index contributed by atoms with van der Waals surface area (Å²) >= 11 is 0. The lowest BCUT2D eigenvalue weighted by Crippen LogP contribution is -2.35. The van der Waals surface area contributed by atoms with Gasteiger partial charge in [-0.1, -0.05) is 23.8 Å². The second-order valence-electron chi connectivity index (χ2n) is 4.90. The van der Waals surface area contributed by atoms with E-state index in [1.165, 1.54) is 16.7 Å². The number of carbonyl (C=O) groups is 1. The number of carboxylic acids is 1. The first kappa shape index (κ1) is 12.1. The quantitative estimate of drug-likeness (QED) is 0.871. The number of rotatable bonds is 3. The molecule has 1 aromatic rings. The first-order valence-electron chi connectivity index (χ1n) is 6.11. The number of benzene rings is 1. The first-order chi connectivity index (χ1) is 8.08. The fourth-order valence-electron chi connectivity index (χ4n) is 2.54. The van der Waals surface area contributed by atoms with Crippen molar-refractivity contribution in [3.63, 3.8) is 0 Å². The molecule has 0 aliphatic carbocycles. The topological polar surface area (TPSA) is 40.5 Å². The Morgan fingerprint density at radius 2 is 2.24 bits per heavy atom. The summed E-state index contributed by atoms with van der Waals surface area (Å²) in [6.45, 7) is 5.81. The van der Waals surface area contributed by atoms with E-state index in [9.17, 15) is 4.79 Å². The number of hydrogen-bond acceptors (Lipinski definition) is 2. The van der Waals surface area contributed by atoms with E-state index in [1.807, 2.05) is 0 Å². The third-order valence-electron chi connectivity index (χ3n) is 3.52. The highest BCUT2D eigenvalue weighted by atomic mass is 16.4. The van der Waals surface area contributed by atoms with Crippen LogP contribution in [0.15, 0.2) is 18.2 Å². The van der Waals surface area contributed by atoms with Gasteiger partial charge >= 0.3 is 5.97 Å². The smallest absolute Gasteiger partial charge is 0.320 e. The molecule has 1 aliphatic rings. The minimum Gasteiger partial charge on any atom is -0.480 e. The average molecular weight is 233 g/mol. The lowest BCUT2D eigenvalue weighted by molar-refractivity contribution is -0.142. The maximum Gasteiger partial charge on any atom is 0.320 e. The third kappa shape index (κ3) is 2.67. The van der Waals surface area contributed by atoms with Gasteiger partial charge in [-0.05, 0) is 44.4 Å². The van der Waals surface area contributed by atoms with Crippen molar-refractivity contribution in [3.8, 4) is 0 Å². The maximum absolute atomic E-state index is 11.1. The predicted octanol–water partition coefficient (Wildman–Crippen LogP) is 2.35. The van der Waals surface area contributed by atoms with Crippen molar-refractivity contribution in [1.82, 2.24) is 4.90 Å². The lowest BCUT2D eigenvalue weighted by atomic mass is 10.1. The second kappa shape index (κ2) is 4.88. The van der Waals surface area contributed by atoms with Crippen molar-refractivity contribution in [1.29, 1.82) is 0 Å². The van der Waals surface area contributed by atoms with Crippen LogP contribution in [0.1, 0.15) is 29.5 Å². The standard InChI is InChI=1S/C14H19NO2/c1-10-5-6-12(11(2)8-10)9-15-7-3-4-13(15)14(16)17/h5-6,8,13H,3-4,7,9H2,1-2H3,(H,16,17)/t13-/m1/s1. The average Bonchev–Trinajstić information content (AvgIpc) is 2.70. The summed E-state index contributed by atoms with van der Waals surface area (Å²) in [6, 6.07) is 6.06. The molecule has 0 radical (unpaired) electrons. The van der Waals surface area contributed by atoms with E-state index >= 15 is 0 Å². The molecule has 1 heterocycles. The number of aliphatic carboxylic acids is 1. The molecular weight excluding hydrogens is 214 g/mol. The zero-order valence-electron chi connectivity index (χ0n) is 10.4. The van der Waals surface area contributed by atoms with Crippen molar-refractivity contribution >= 4 is 5.97 Å². The van der Waals surface area contributed by atoms with Gasteiger partial charge in [0.05, 0.1) is 0 Å². The van der Waals surface area contributed by atoms with Crippen LogP contribution in [-0.2, 0) is 11.3 Å². The summed E-state index contributed by atoms with van der Waals surface area (Å²) in [5, 5.41) is 9.13. The number of aryl methyl sites for hydroxylation is 2. The van der Waals surface area contributed by atoms with Crippen LogP contribution in [0.4, 0.5) is 0 Å². The molecule has 2 rings (SSSR count). The molecule has 1 atom stereocenters. The molecule has 92 valence electrons. The SMILES string of the molecule is Cc1ccc(CN2CCC[C@@H]2C(=O)O)c(C)c1. The predicted molar refractivity (Wildman–Crippen MR) is 67.0 cm³/mol. The highest BCUT2D eigenvalue weighted by molar-refractivity contribution is 5.73. The molecule has 1 aliphatic heterocycles. The van der Waals surface area contributed by atoms with Crippen molar-refractivity contribution in [2.24, 2.45) is 0 Å². The third-order valence-corrected chi connectivity index (χ3v) is 3.52. The summed E-state index contributed by atoms with van der Waals surface area (Å²) in [7, 11) is 0. The minimum absolute atomic E-state index is 0.296. The molecule has 1 N–H and O–H groups in total. The Labute approximate surface area is 102 Å². The van der Waals surface area contributed by atoms with E-state index in [0.717, 1.165) is 25.9 Å². The zero-order chi connectivity index (χ0) is 12.4. The molecule has 0 saturated carbocycles. The van der Waals surface area contributed by atoms with Crippen molar-refractivity contribution in [3.05, 3.63) is 34.9 Å². The molecule has 3 heteroatoms. The number of likely N-dealkylation sites (tertiary alicyclic amines) is 1. The van der Waals surface area contributed by atoms with Gasteiger partial charge in [0.15, 0.2) is 0 Å². The Kier molecular flexibility index (Phi) is 3.48. The summed E-state index contributed by atoms with van der Waals surface area (Å²) in [4.78, 5) is 13.2. The van der Waals surface area contributed by atoms with Gasteiger partial charge in [-0.25, -0.2) is 0 Å². The van der Waals surface area contributed by atoms with Gasteiger partial charge in [0, 0.05) is 6.54 Å². The molecule has 1 aromatic carbocycles. The minimum atomic E-state index is -0.688. The van der Waals surface area contributed by atoms with E-state index in [1.54, 1.807) is 0 Å². The molecule has 1 fully saturated rings. The summed E-state index contributed by atoms with van der Waals surface area (Å²) in [6.07, 6.45) is 1.77. The molecule has 1 saturated heterocycles. The van der Waals surface area contributed by atoms with E-state index in [4.69, 9.17) is 5.11 Å². The lowest BCUT2D eigenvalue weighted by Gasteiger charge is -2.22. The highest BCUT2D eigenvalue weighted by Gasteiger charge is 2.30. The normalized spacial score (nSPS) is 20.7.